The van der Waals surface area contributed by atoms with Crippen molar-refractivity contribution in [3.63, 3.8) is 0 Å². The van der Waals surface area contributed by atoms with Crippen molar-refractivity contribution in [2.24, 2.45) is 5.73 Å². The molecule has 0 aromatic carbocycles. The molecule has 2 heterocycles. The molecule has 0 aliphatic heterocycles. The number of rotatable bonds is 2. The predicted molar refractivity (Wildman–Crippen MR) is 62.9 cm³/mol. The molecule has 1 aliphatic carbocycles. The van der Waals surface area contributed by atoms with Crippen LogP contribution < -0.4 is 5.73 Å². The molecule has 2 aromatic heterocycles. The van der Waals surface area contributed by atoms with Crippen molar-refractivity contribution in [2.75, 3.05) is 0 Å². The SMILES string of the molecule is NC1(c2nc(-c3cscn3)cs2)CCC1. The molecule has 2 N–H and O–H groups in total. The van der Waals surface area contributed by atoms with Crippen LogP contribution >= 0.6 is 22.7 Å². The average molecular weight is 237 g/mol. The summed E-state index contributed by atoms with van der Waals surface area (Å²) in [6, 6.07) is 0. The van der Waals surface area contributed by atoms with Crippen LogP contribution in [0.25, 0.3) is 11.4 Å². The third-order valence-electron chi connectivity index (χ3n) is 2.87. The van der Waals surface area contributed by atoms with Crippen LogP contribution in [-0.2, 0) is 5.54 Å². The minimum Gasteiger partial charge on any atom is -0.319 e. The molecule has 0 radical (unpaired) electrons. The van der Waals surface area contributed by atoms with E-state index < -0.39 is 0 Å². The Morgan fingerprint density at radius 3 is 2.73 bits per heavy atom. The van der Waals surface area contributed by atoms with Gasteiger partial charge in [0, 0.05) is 10.8 Å². The first-order valence-electron chi connectivity index (χ1n) is 4.91. The van der Waals surface area contributed by atoms with Gasteiger partial charge in [0.1, 0.15) is 16.4 Å². The molecule has 2 aromatic rings. The molecule has 1 saturated carbocycles. The van der Waals surface area contributed by atoms with Gasteiger partial charge in [-0.3, -0.25) is 0 Å². The zero-order valence-corrected chi connectivity index (χ0v) is 9.77. The Hall–Kier alpha value is -0.780. The highest BCUT2D eigenvalue weighted by Crippen LogP contribution is 2.40. The second-order valence-electron chi connectivity index (χ2n) is 3.92. The van der Waals surface area contributed by atoms with Gasteiger partial charge in [-0.15, -0.1) is 22.7 Å². The van der Waals surface area contributed by atoms with Crippen molar-refractivity contribution in [1.82, 2.24) is 9.97 Å². The van der Waals surface area contributed by atoms with Crippen LogP contribution in [0.3, 0.4) is 0 Å². The molecular formula is C10H11N3S2. The number of thiazole rings is 2. The largest absolute Gasteiger partial charge is 0.319 e. The lowest BCUT2D eigenvalue weighted by Gasteiger charge is -2.35. The summed E-state index contributed by atoms with van der Waals surface area (Å²) >= 11 is 3.25. The van der Waals surface area contributed by atoms with E-state index in [0.717, 1.165) is 29.2 Å². The number of hydrogen-bond donors (Lipinski definition) is 1. The van der Waals surface area contributed by atoms with E-state index in [1.165, 1.54) is 6.42 Å². The van der Waals surface area contributed by atoms with Gasteiger partial charge < -0.3 is 5.73 Å². The molecule has 3 rings (SSSR count). The summed E-state index contributed by atoms with van der Waals surface area (Å²) < 4.78 is 0. The van der Waals surface area contributed by atoms with Gasteiger partial charge in [0.05, 0.1) is 11.0 Å². The lowest BCUT2D eigenvalue weighted by atomic mass is 9.78. The molecule has 15 heavy (non-hydrogen) atoms. The molecule has 5 heteroatoms. The van der Waals surface area contributed by atoms with E-state index in [0.29, 0.717) is 0 Å². The van der Waals surface area contributed by atoms with Crippen molar-refractivity contribution >= 4 is 22.7 Å². The smallest absolute Gasteiger partial charge is 0.113 e. The van der Waals surface area contributed by atoms with Crippen LogP contribution in [0.1, 0.15) is 24.3 Å². The maximum absolute atomic E-state index is 6.22. The first-order chi connectivity index (χ1) is 7.28. The highest BCUT2D eigenvalue weighted by atomic mass is 32.1. The van der Waals surface area contributed by atoms with Crippen molar-refractivity contribution in [1.29, 1.82) is 0 Å². The summed E-state index contributed by atoms with van der Waals surface area (Å²) in [6.45, 7) is 0. The molecule has 78 valence electrons. The minimum absolute atomic E-state index is 0.140. The molecule has 0 unspecified atom stereocenters. The van der Waals surface area contributed by atoms with Crippen LogP contribution in [0.5, 0.6) is 0 Å². The summed E-state index contributed by atoms with van der Waals surface area (Å²) in [5.74, 6) is 0. The van der Waals surface area contributed by atoms with E-state index in [-0.39, 0.29) is 5.54 Å². The van der Waals surface area contributed by atoms with Gasteiger partial charge in [-0.25, -0.2) is 9.97 Å². The van der Waals surface area contributed by atoms with E-state index in [2.05, 4.69) is 15.3 Å². The topological polar surface area (TPSA) is 51.8 Å². The molecule has 0 saturated heterocycles. The van der Waals surface area contributed by atoms with Crippen LogP contribution in [-0.4, -0.2) is 9.97 Å². The second kappa shape index (κ2) is 3.37. The van der Waals surface area contributed by atoms with Gasteiger partial charge >= 0.3 is 0 Å². The maximum atomic E-state index is 6.22. The fourth-order valence-corrected chi connectivity index (χ4v) is 3.26. The Balaban J connectivity index is 1.94. The molecular weight excluding hydrogens is 226 g/mol. The molecule has 0 bridgehead atoms. The molecule has 0 atom stereocenters. The molecule has 3 nitrogen and oxygen atoms in total. The van der Waals surface area contributed by atoms with Crippen LogP contribution in [0.15, 0.2) is 16.3 Å². The predicted octanol–water partition coefficient (Wildman–Crippen LogP) is 2.60. The van der Waals surface area contributed by atoms with E-state index in [1.807, 2.05) is 10.9 Å². The fourth-order valence-electron chi connectivity index (χ4n) is 1.73. The highest BCUT2D eigenvalue weighted by molar-refractivity contribution is 7.10. The first-order valence-corrected chi connectivity index (χ1v) is 6.74. The highest BCUT2D eigenvalue weighted by Gasteiger charge is 2.37. The lowest BCUT2D eigenvalue weighted by Crippen LogP contribution is -2.43. The van der Waals surface area contributed by atoms with Gasteiger partial charge in [0.2, 0.25) is 0 Å². The Morgan fingerprint density at radius 2 is 2.13 bits per heavy atom. The molecule has 0 spiro atoms. The van der Waals surface area contributed by atoms with Crippen LogP contribution in [0.4, 0.5) is 0 Å². The third-order valence-corrected chi connectivity index (χ3v) is 4.52. The number of aromatic nitrogens is 2. The summed E-state index contributed by atoms with van der Waals surface area (Å²) in [5, 5.41) is 5.14. The number of hydrogen-bond acceptors (Lipinski definition) is 5. The quantitative estimate of drug-likeness (QED) is 0.873. The summed E-state index contributed by atoms with van der Waals surface area (Å²) in [5.41, 5.74) is 9.84. The van der Waals surface area contributed by atoms with Gasteiger partial charge in [0.25, 0.3) is 0 Å². The lowest BCUT2D eigenvalue weighted by molar-refractivity contribution is 0.253. The van der Waals surface area contributed by atoms with Crippen molar-refractivity contribution in [2.45, 2.75) is 24.8 Å². The zero-order valence-electron chi connectivity index (χ0n) is 8.14. The maximum Gasteiger partial charge on any atom is 0.113 e. The normalized spacial score (nSPS) is 18.7. The number of nitrogens with zero attached hydrogens (tertiary/aromatic N) is 2. The van der Waals surface area contributed by atoms with Crippen molar-refractivity contribution in [3.8, 4) is 11.4 Å². The van der Waals surface area contributed by atoms with Crippen molar-refractivity contribution < 1.29 is 0 Å². The molecule has 0 amide bonds. The Morgan fingerprint density at radius 1 is 1.27 bits per heavy atom. The minimum atomic E-state index is -0.140. The Bertz CT molecular complexity index is 457. The van der Waals surface area contributed by atoms with Gasteiger partial charge in [-0.1, -0.05) is 0 Å². The molecule has 1 aliphatic rings. The van der Waals surface area contributed by atoms with E-state index in [4.69, 9.17) is 5.73 Å². The monoisotopic (exact) mass is 237 g/mol. The average Bonchev–Trinajstić information content (AvgIpc) is 2.84. The van der Waals surface area contributed by atoms with E-state index >= 15 is 0 Å². The number of nitrogens with two attached hydrogens (primary N) is 1. The summed E-state index contributed by atoms with van der Waals surface area (Å²) in [4.78, 5) is 8.83. The van der Waals surface area contributed by atoms with Gasteiger partial charge in [-0.05, 0) is 19.3 Å². The standard InChI is InChI=1S/C10H11N3S2/c11-10(2-1-3-10)9-13-8(5-15-9)7-4-14-6-12-7/h4-6H,1-3,11H2. The summed E-state index contributed by atoms with van der Waals surface area (Å²) in [7, 11) is 0. The summed E-state index contributed by atoms with van der Waals surface area (Å²) in [6.07, 6.45) is 3.36. The van der Waals surface area contributed by atoms with Crippen LogP contribution in [0.2, 0.25) is 0 Å². The molecule has 1 fully saturated rings. The van der Waals surface area contributed by atoms with Crippen molar-refractivity contribution in [3.05, 3.63) is 21.3 Å². The van der Waals surface area contributed by atoms with E-state index in [9.17, 15) is 0 Å². The third kappa shape index (κ3) is 1.51. The van der Waals surface area contributed by atoms with Crippen LogP contribution in [0, 0.1) is 0 Å². The Labute approximate surface area is 96.0 Å². The fraction of sp³-hybridized carbons (Fsp3) is 0.400. The zero-order chi connectivity index (χ0) is 10.3. The van der Waals surface area contributed by atoms with Gasteiger partial charge in [-0.2, -0.15) is 0 Å². The first kappa shape index (κ1) is 9.45. The van der Waals surface area contributed by atoms with Gasteiger partial charge in [0.15, 0.2) is 0 Å². The second-order valence-corrected chi connectivity index (χ2v) is 5.50. The Kier molecular flexibility index (Phi) is 2.12. The van der Waals surface area contributed by atoms with E-state index in [1.54, 1.807) is 22.7 Å².